The molecule has 6 heteroatoms. The molecule has 1 atom stereocenters. The number of nitrogens with zero attached hydrogens (tertiary/aromatic N) is 3. The lowest BCUT2D eigenvalue weighted by molar-refractivity contribution is -0.385. The van der Waals surface area contributed by atoms with Crippen molar-refractivity contribution < 1.29 is 9.72 Å². The van der Waals surface area contributed by atoms with Crippen LogP contribution in [-0.4, -0.2) is 48.3 Å². The number of hydrogen-bond acceptors (Lipinski definition) is 5. The van der Waals surface area contributed by atoms with E-state index in [2.05, 4.69) is 23.8 Å². The van der Waals surface area contributed by atoms with E-state index in [0.717, 1.165) is 31.7 Å². The van der Waals surface area contributed by atoms with Gasteiger partial charge < -0.3 is 9.80 Å². The first-order chi connectivity index (χ1) is 9.90. The molecule has 1 heterocycles. The Hall–Kier alpha value is -1.95. The molecule has 0 spiro atoms. The Bertz CT molecular complexity index is 559. The smallest absolute Gasteiger partial charge is 0.280 e. The van der Waals surface area contributed by atoms with Crippen LogP contribution in [0, 0.1) is 10.1 Å². The Morgan fingerprint density at radius 2 is 2.10 bits per heavy atom. The van der Waals surface area contributed by atoms with Gasteiger partial charge in [0.15, 0.2) is 5.78 Å². The maximum absolute atomic E-state index is 11.7. The molecule has 0 radical (unpaired) electrons. The number of Topliss-reactive ketones (excluding diaryl/α,β-unsaturated/α-hetero) is 1. The Labute approximate surface area is 124 Å². The number of anilines is 1. The number of benzene rings is 1. The van der Waals surface area contributed by atoms with E-state index in [1.807, 2.05) is 0 Å². The second kappa shape index (κ2) is 6.22. The average Bonchev–Trinajstić information content (AvgIpc) is 2.58. The van der Waals surface area contributed by atoms with Crippen molar-refractivity contribution in [2.75, 3.05) is 31.6 Å². The largest absolute Gasteiger partial charge is 0.367 e. The molecule has 1 fully saturated rings. The molecule has 1 aromatic rings. The fraction of sp³-hybridized carbons (Fsp3) is 0.533. The number of ketones is 1. The summed E-state index contributed by atoms with van der Waals surface area (Å²) >= 11 is 0. The second-order valence-corrected chi connectivity index (χ2v) is 5.67. The van der Waals surface area contributed by atoms with E-state index in [-0.39, 0.29) is 17.0 Å². The molecule has 114 valence electrons. The van der Waals surface area contributed by atoms with E-state index in [0.29, 0.717) is 6.04 Å². The van der Waals surface area contributed by atoms with E-state index in [4.69, 9.17) is 0 Å². The van der Waals surface area contributed by atoms with E-state index in [9.17, 15) is 14.9 Å². The van der Waals surface area contributed by atoms with Gasteiger partial charge in [0, 0.05) is 30.9 Å². The first kappa shape index (κ1) is 15.4. The zero-order valence-corrected chi connectivity index (χ0v) is 12.7. The molecule has 0 N–H and O–H groups in total. The maximum atomic E-state index is 11.7. The van der Waals surface area contributed by atoms with Crippen molar-refractivity contribution in [2.45, 2.75) is 26.3 Å². The fourth-order valence-corrected chi connectivity index (χ4v) is 2.90. The molecule has 1 aromatic carbocycles. The summed E-state index contributed by atoms with van der Waals surface area (Å²) in [5.74, 6) is -0.275. The van der Waals surface area contributed by atoms with Crippen LogP contribution in [0.25, 0.3) is 0 Å². The molecule has 0 bridgehead atoms. The molecule has 1 aliphatic heterocycles. The zero-order chi connectivity index (χ0) is 15.6. The number of rotatable bonds is 3. The van der Waals surface area contributed by atoms with Crippen LogP contribution in [0.15, 0.2) is 18.2 Å². The minimum Gasteiger partial charge on any atom is -0.367 e. The van der Waals surface area contributed by atoms with Gasteiger partial charge in [0.1, 0.15) is 0 Å². The van der Waals surface area contributed by atoms with Crippen LogP contribution >= 0.6 is 0 Å². The molecular formula is C15H21N3O3. The maximum Gasteiger partial charge on any atom is 0.280 e. The van der Waals surface area contributed by atoms with E-state index < -0.39 is 4.92 Å². The van der Waals surface area contributed by atoms with E-state index in [1.54, 1.807) is 12.1 Å². The lowest BCUT2D eigenvalue weighted by Crippen LogP contribution is -2.38. The van der Waals surface area contributed by atoms with Gasteiger partial charge in [0.05, 0.1) is 10.5 Å². The molecule has 2 rings (SSSR count). The number of carbonyl (C=O) groups is 1. The van der Waals surface area contributed by atoms with Crippen molar-refractivity contribution in [1.29, 1.82) is 0 Å². The number of hydrogen-bond donors (Lipinski definition) is 0. The third-order valence-electron chi connectivity index (χ3n) is 3.93. The lowest BCUT2D eigenvalue weighted by atomic mass is 10.1. The highest BCUT2D eigenvalue weighted by Crippen LogP contribution is 2.27. The standard InChI is InChI=1S/C15H21N3O3/c1-11-10-16(3)7-4-8-17(11)13-5-6-15(18(20)21)14(9-13)12(2)19/h5-6,9,11H,4,7-8,10H2,1-3H3. The summed E-state index contributed by atoms with van der Waals surface area (Å²) in [6.07, 6.45) is 1.03. The highest BCUT2D eigenvalue weighted by atomic mass is 16.6. The van der Waals surface area contributed by atoms with E-state index in [1.165, 1.54) is 13.0 Å². The van der Waals surface area contributed by atoms with Crippen molar-refractivity contribution in [3.05, 3.63) is 33.9 Å². The topological polar surface area (TPSA) is 66.7 Å². The van der Waals surface area contributed by atoms with Gasteiger partial charge in [-0.2, -0.15) is 0 Å². The monoisotopic (exact) mass is 291 g/mol. The molecule has 0 aromatic heterocycles. The molecule has 6 nitrogen and oxygen atoms in total. The van der Waals surface area contributed by atoms with Crippen molar-refractivity contribution in [1.82, 2.24) is 4.90 Å². The Balaban J connectivity index is 2.37. The molecule has 0 saturated carbocycles. The van der Waals surface area contributed by atoms with Gasteiger partial charge in [-0.3, -0.25) is 14.9 Å². The van der Waals surface area contributed by atoms with Crippen LogP contribution in [0.5, 0.6) is 0 Å². The predicted octanol–water partition coefficient (Wildman–Crippen LogP) is 2.33. The van der Waals surface area contributed by atoms with Crippen LogP contribution in [0.3, 0.4) is 0 Å². The van der Waals surface area contributed by atoms with Crippen LogP contribution in [0.4, 0.5) is 11.4 Å². The summed E-state index contributed by atoms with van der Waals surface area (Å²) in [6, 6.07) is 5.14. The summed E-state index contributed by atoms with van der Waals surface area (Å²) in [7, 11) is 2.09. The first-order valence-corrected chi connectivity index (χ1v) is 7.14. The average molecular weight is 291 g/mol. The van der Waals surface area contributed by atoms with E-state index >= 15 is 0 Å². The number of nitro groups is 1. The van der Waals surface area contributed by atoms with Gasteiger partial charge in [0.2, 0.25) is 0 Å². The molecule has 0 aliphatic carbocycles. The van der Waals surface area contributed by atoms with Crippen LogP contribution in [-0.2, 0) is 0 Å². The summed E-state index contributed by atoms with van der Waals surface area (Å²) in [6.45, 7) is 6.36. The highest BCUT2D eigenvalue weighted by molar-refractivity contribution is 5.99. The summed E-state index contributed by atoms with van der Waals surface area (Å²) in [5.41, 5.74) is 0.946. The molecule has 1 unspecified atom stereocenters. The number of nitro benzene ring substituents is 1. The molecule has 1 saturated heterocycles. The summed E-state index contributed by atoms with van der Waals surface area (Å²) in [5, 5.41) is 11.0. The minimum absolute atomic E-state index is 0.120. The zero-order valence-electron chi connectivity index (χ0n) is 12.7. The molecule has 21 heavy (non-hydrogen) atoms. The van der Waals surface area contributed by atoms with Gasteiger partial charge in [-0.25, -0.2) is 0 Å². The molecular weight excluding hydrogens is 270 g/mol. The number of carbonyl (C=O) groups excluding carboxylic acids is 1. The van der Waals surface area contributed by atoms with Crippen LogP contribution < -0.4 is 4.90 Å². The van der Waals surface area contributed by atoms with Gasteiger partial charge in [-0.05, 0) is 46.0 Å². The Kier molecular flexibility index (Phi) is 4.57. The predicted molar refractivity (Wildman–Crippen MR) is 82.0 cm³/mol. The van der Waals surface area contributed by atoms with Gasteiger partial charge in [-0.1, -0.05) is 0 Å². The Morgan fingerprint density at radius 3 is 2.71 bits per heavy atom. The van der Waals surface area contributed by atoms with Gasteiger partial charge >= 0.3 is 0 Å². The van der Waals surface area contributed by atoms with Crippen molar-refractivity contribution in [3.8, 4) is 0 Å². The fourth-order valence-electron chi connectivity index (χ4n) is 2.90. The van der Waals surface area contributed by atoms with Gasteiger partial charge in [-0.15, -0.1) is 0 Å². The SMILES string of the molecule is CC(=O)c1cc(N2CCCN(C)CC2C)ccc1[N+](=O)[O-]. The third kappa shape index (κ3) is 3.39. The Morgan fingerprint density at radius 1 is 1.38 bits per heavy atom. The van der Waals surface area contributed by atoms with Gasteiger partial charge in [0.25, 0.3) is 5.69 Å². The minimum atomic E-state index is -0.500. The van der Waals surface area contributed by atoms with Crippen LogP contribution in [0.2, 0.25) is 0 Å². The third-order valence-corrected chi connectivity index (χ3v) is 3.93. The highest BCUT2D eigenvalue weighted by Gasteiger charge is 2.23. The first-order valence-electron chi connectivity index (χ1n) is 7.14. The quantitative estimate of drug-likeness (QED) is 0.486. The van der Waals surface area contributed by atoms with Crippen molar-refractivity contribution >= 4 is 17.2 Å². The molecule has 1 aliphatic rings. The van der Waals surface area contributed by atoms with Crippen molar-refractivity contribution in [3.63, 3.8) is 0 Å². The lowest BCUT2D eigenvalue weighted by Gasteiger charge is -2.30. The number of likely N-dealkylation sites (N-methyl/N-ethyl adjacent to an activating group) is 1. The summed E-state index contributed by atoms with van der Waals surface area (Å²) in [4.78, 5) is 26.7. The normalized spacial score (nSPS) is 20.1. The van der Waals surface area contributed by atoms with Crippen LogP contribution in [0.1, 0.15) is 30.6 Å². The summed E-state index contributed by atoms with van der Waals surface area (Å²) < 4.78 is 0. The molecule has 0 amide bonds. The van der Waals surface area contributed by atoms with Crippen molar-refractivity contribution in [2.24, 2.45) is 0 Å². The second-order valence-electron chi connectivity index (χ2n) is 5.67.